The van der Waals surface area contributed by atoms with Crippen LogP contribution in [0.4, 0.5) is 0 Å². The third-order valence-electron chi connectivity index (χ3n) is 4.42. The molecular formula is C16H24N2O. The molecule has 0 radical (unpaired) electrons. The SMILES string of the molecule is CC1CCCNC1CN1CCOc2ccccc2C1. The monoisotopic (exact) mass is 260 g/mol. The van der Waals surface area contributed by atoms with Crippen molar-refractivity contribution in [2.45, 2.75) is 32.4 Å². The molecule has 1 N–H and O–H groups in total. The molecule has 0 bridgehead atoms. The van der Waals surface area contributed by atoms with Gasteiger partial charge in [0.2, 0.25) is 0 Å². The van der Waals surface area contributed by atoms with Crippen molar-refractivity contribution in [1.29, 1.82) is 0 Å². The largest absolute Gasteiger partial charge is 0.492 e. The summed E-state index contributed by atoms with van der Waals surface area (Å²) < 4.78 is 5.83. The molecule has 19 heavy (non-hydrogen) atoms. The Labute approximate surface area is 115 Å². The van der Waals surface area contributed by atoms with Gasteiger partial charge in [-0.25, -0.2) is 0 Å². The smallest absolute Gasteiger partial charge is 0.123 e. The van der Waals surface area contributed by atoms with Crippen LogP contribution in [0.5, 0.6) is 5.75 Å². The lowest BCUT2D eigenvalue weighted by molar-refractivity contribution is 0.172. The number of fused-ring (bicyclic) bond motifs is 1. The summed E-state index contributed by atoms with van der Waals surface area (Å²) in [6.45, 7) is 7.53. The molecule has 1 saturated heterocycles. The van der Waals surface area contributed by atoms with E-state index in [9.17, 15) is 0 Å². The Hall–Kier alpha value is -1.06. The van der Waals surface area contributed by atoms with Crippen LogP contribution in [0.1, 0.15) is 25.3 Å². The highest BCUT2D eigenvalue weighted by Gasteiger charge is 2.24. The van der Waals surface area contributed by atoms with Gasteiger partial charge in [-0.1, -0.05) is 25.1 Å². The molecule has 104 valence electrons. The molecule has 2 aliphatic heterocycles. The standard InChI is InChI=1S/C16H24N2O/c1-13-5-4-8-17-15(13)12-18-9-10-19-16-7-3-2-6-14(16)11-18/h2-3,6-7,13,15,17H,4-5,8-12H2,1H3. The first-order valence-corrected chi connectivity index (χ1v) is 7.49. The van der Waals surface area contributed by atoms with Crippen LogP contribution in [0, 0.1) is 5.92 Å². The normalized spacial score (nSPS) is 28.3. The molecule has 2 aliphatic rings. The van der Waals surface area contributed by atoms with Gasteiger partial charge in [0.1, 0.15) is 12.4 Å². The van der Waals surface area contributed by atoms with Gasteiger partial charge in [-0.3, -0.25) is 4.90 Å². The first kappa shape index (κ1) is 12.9. The molecule has 3 nitrogen and oxygen atoms in total. The van der Waals surface area contributed by atoms with Crippen LogP contribution in [0.15, 0.2) is 24.3 Å². The number of nitrogens with one attached hydrogen (secondary N) is 1. The summed E-state index contributed by atoms with van der Waals surface area (Å²) in [4.78, 5) is 2.53. The fourth-order valence-electron chi connectivity index (χ4n) is 3.17. The van der Waals surface area contributed by atoms with Crippen molar-refractivity contribution in [3.05, 3.63) is 29.8 Å². The second kappa shape index (κ2) is 5.93. The molecule has 0 spiro atoms. The van der Waals surface area contributed by atoms with Gasteiger partial charge in [0.25, 0.3) is 0 Å². The predicted molar refractivity (Wildman–Crippen MR) is 77.4 cm³/mol. The molecule has 0 aliphatic carbocycles. The molecular weight excluding hydrogens is 236 g/mol. The summed E-state index contributed by atoms with van der Waals surface area (Å²) in [7, 11) is 0. The summed E-state index contributed by atoms with van der Waals surface area (Å²) in [6, 6.07) is 9.07. The Morgan fingerprint density at radius 1 is 1.37 bits per heavy atom. The average Bonchev–Trinajstić information content (AvgIpc) is 2.63. The number of hydrogen-bond donors (Lipinski definition) is 1. The minimum atomic E-state index is 0.638. The molecule has 0 saturated carbocycles. The Bertz CT molecular complexity index is 421. The lowest BCUT2D eigenvalue weighted by atomic mass is 9.92. The Kier molecular flexibility index (Phi) is 4.04. The van der Waals surface area contributed by atoms with Crippen molar-refractivity contribution in [2.24, 2.45) is 5.92 Å². The van der Waals surface area contributed by atoms with E-state index in [1.54, 1.807) is 0 Å². The number of rotatable bonds is 2. The molecule has 2 unspecified atom stereocenters. The van der Waals surface area contributed by atoms with Gasteiger partial charge >= 0.3 is 0 Å². The van der Waals surface area contributed by atoms with Crippen LogP contribution in [0.3, 0.4) is 0 Å². The molecule has 3 heteroatoms. The van der Waals surface area contributed by atoms with Crippen molar-refractivity contribution >= 4 is 0 Å². The quantitative estimate of drug-likeness (QED) is 0.883. The van der Waals surface area contributed by atoms with E-state index >= 15 is 0 Å². The van der Waals surface area contributed by atoms with Crippen molar-refractivity contribution in [2.75, 3.05) is 26.2 Å². The molecule has 2 atom stereocenters. The van der Waals surface area contributed by atoms with Gasteiger partial charge in [-0.2, -0.15) is 0 Å². The predicted octanol–water partition coefficient (Wildman–Crippen LogP) is 2.27. The zero-order valence-electron chi connectivity index (χ0n) is 11.8. The second-order valence-corrected chi connectivity index (χ2v) is 5.87. The third kappa shape index (κ3) is 3.10. The van der Waals surface area contributed by atoms with Crippen LogP contribution in [0.2, 0.25) is 0 Å². The van der Waals surface area contributed by atoms with Crippen molar-refractivity contribution in [3.63, 3.8) is 0 Å². The van der Waals surface area contributed by atoms with E-state index in [1.807, 2.05) is 0 Å². The van der Waals surface area contributed by atoms with Gasteiger partial charge in [-0.05, 0) is 31.4 Å². The minimum absolute atomic E-state index is 0.638. The maximum atomic E-state index is 5.83. The summed E-state index contributed by atoms with van der Waals surface area (Å²) in [5.74, 6) is 1.85. The van der Waals surface area contributed by atoms with E-state index in [2.05, 4.69) is 41.4 Å². The first-order chi connectivity index (χ1) is 9.33. The lowest BCUT2D eigenvalue weighted by Crippen LogP contribution is -2.48. The second-order valence-electron chi connectivity index (χ2n) is 5.87. The molecule has 1 aromatic rings. The molecule has 1 fully saturated rings. The van der Waals surface area contributed by atoms with Crippen molar-refractivity contribution in [1.82, 2.24) is 10.2 Å². The van der Waals surface area contributed by atoms with Crippen molar-refractivity contribution in [3.8, 4) is 5.75 Å². The Morgan fingerprint density at radius 3 is 3.16 bits per heavy atom. The van der Waals surface area contributed by atoms with E-state index in [0.717, 1.165) is 37.9 Å². The van der Waals surface area contributed by atoms with Crippen LogP contribution < -0.4 is 10.1 Å². The summed E-state index contributed by atoms with van der Waals surface area (Å²) in [5, 5.41) is 3.68. The molecule has 2 heterocycles. The molecule has 0 amide bonds. The van der Waals surface area contributed by atoms with Crippen LogP contribution in [0.25, 0.3) is 0 Å². The zero-order chi connectivity index (χ0) is 13.1. The number of ether oxygens (including phenoxy) is 1. The molecule has 0 aromatic heterocycles. The van der Waals surface area contributed by atoms with Gasteiger partial charge in [0, 0.05) is 31.2 Å². The zero-order valence-corrected chi connectivity index (χ0v) is 11.8. The number of hydrogen-bond acceptors (Lipinski definition) is 3. The van der Waals surface area contributed by atoms with Gasteiger partial charge in [0.05, 0.1) is 0 Å². The van der Waals surface area contributed by atoms with Crippen LogP contribution in [-0.4, -0.2) is 37.2 Å². The fraction of sp³-hybridized carbons (Fsp3) is 0.625. The average molecular weight is 260 g/mol. The number of piperidine rings is 1. The highest BCUT2D eigenvalue weighted by atomic mass is 16.5. The van der Waals surface area contributed by atoms with Crippen LogP contribution in [-0.2, 0) is 6.54 Å². The maximum Gasteiger partial charge on any atom is 0.123 e. The topological polar surface area (TPSA) is 24.5 Å². The highest BCUT2D eigenvalue weighted by molar-refractivity contribution is 5.33. The van der Waals surface area contributed by atoms with E-state index in [0.29, 0.717) is 6.04 Å². The highest BCUT2D eigenvalue weighted by Crippen LogP contribution is 2.24. The van der Waals surface area contributed by atoms with E-state index in [4.69, 9.17) is 4.74 Å². The summed E-state index contributed by atoms with van der Waals surface area (Å²) in [5.41, 5.74) is 1.32. The van der Waals surface area contributed by atoms with Crippen LogP contribution >= 0.6 is 0 Å². The van der Waals surface area contributed by atoms with E-state index in [-0.39, 0.29) is 0 Å². The lowest BCUT2D eigenvalue weighted by Gasteiger charge is -2.34. The summed E-state index contributed by atoms with van der Waals surface area (Å²) >= 11 is 0. The van der Waals surface area contributed by atoms with Gasteiger partial charge in [0.15, 0.2) is 0 Å². The van der Waals surface area contributed by atoms with Gasteiger partial charge < -0.3 is 10.1 Å². The van der Waals surface area contributed by atoms with E-state index < -0.39 is 0 Å². The Balaban J connectivity index is 1.65. The molecule has 1 aromatic carbocycles. The van der Waals surface area contributed by atoms with Gasteiger partial charge in [-0.15, -0.1) is 0 Å². The number of para-hydroxylation sites is 1. The summed E-state index contributed by atoms with van der Waals surface area (Å²) in [6.07, 6.45) is 2.68. The minimum Gasteiger partial charge on any atom is -0.492 e. The first-order valence-electron chi connectivity index (χ1n) is 7.49. The van der Waals surface area contributed by atoms with E-state index in [1.165, 1.54) is 24.9 Å². The maximum absolute atomic E-state index is 5.83. The Morgan fingerprint density at radius 2 is 2.26 bits per heavy atom. The fourth-order valence-corrected chi connectivity index (χ4v) is 3.17. The van der Waals surface area contributed by atoms with Crippen molar-refractivity contribution < 1.29 is 4.74 Å². The molecule has 3 rings (SSSR count). The number of nitrogens with zero attached hydrogens (tertiary/aromatic N) is 1. The number of benzene rings is 1. The third-order valence-corrected chi connectivity index (χ3v) is 4.42.